The predicted molar refractivity (Wildman–Crippen MR) is 67.9 cm³/mol. The molecule has 6 nitrogen and oxygen atoms in total. The number of hydrogen-bond donors (Lipinski definition) is 1. The molecule has 2 heterocycles. The van der Waals surface area contributed by atoms with E-state index in [9.17, 15) is 4.79 Å². The number of carbonyl (C=O) groups is 1. The van der Waals surface area contributed by atoms with Crippen LogP contribution >= 0.6 is 0 Å². The molecule has 1 N–H and O–H groups in total. The van der Waals surface area contributed by atoms with Gasteiger partial charge in [0.1, 0.15) is 5.82 Å². The topological polar surface area (TPSA) is 69.6 Å². The van der Waals surface area contributed by atoms with Gasteiger partial charge in [-0.1, -0.05) is 0 Å². The highest BCUT2D eigenvalue weighted by molar-refractivity contribution is 5.84. The van der Waals surface area contributed by atoms with Crippen molar-refractivity contribution in [2.24, 2.45) is 0 Å². The van der Waals surface area contributed by atoms with Crippen LogP contribution < -0.4 is 4.90 Å². The van der Waals surface area contributed by atoms with Crippen molar-refractivity contribution in [3.63, 3.8) is 0 Å². The molecule has 1 aromatic heterocycles. The lowest BCUT2D eigenvalue weighted by atomic mass is 10.2. The zero-order chi connectivity index (χ0) is 13.1. The van der Waals surface area contributed by atoms with Crippen molar-refractivity contribution < 1.29 is 9.90 Å². The predicted octanol–water partition coefficient (Wildman–Crippen LogP) is 0.705. The fourth-order valence-corrected chi connectivity index (χ4v) is 2.33. The van der Waals surface area contributed by atoms with Gasteiger partial charge in [0, 0.05) is 19.1 Å². The molecule has 0 spiro atoms. The molecule has 0 aromatic carbocycles. The van der Waals surface area contributed by atoms with Crippen molar-refractivity contribution in [2.45, 2.75) is 18.9 Å². The van der Waals surface area contributed by atoms with Gasteiger partial charge in [-0.05, 0) is 26.9 Å². The number of likely N-dealkylation sites (N-methyl/N-ethyl adjacent to an activating group) is 1. The second-order valence-corrected chi connectivity index (χ2v) is 4.82. The van der Waals surface area contributed by atoms with Crippen LogP contribution in [0.1, 0.15) is 23.3 Å². The molecule has 0 radical (unpaired) electrons. The number of nitrogens with zero attached hydrogens (tertiary/aromatic N) is 4. The van der Waals surface area contributed by atoms with Gasteiger partial charge in [0.2, 0.25) is 0 Å². The summed E-state index contributed by atoms with van der Waals surface area (Å²) < 4.78 is 0. The van der Waals surface area contributed by atoms with Crippen molar-refractivity contribution in [1.82, 2.24) is 14.9 Å². The Labute approximate surface area is 106 Å². The molecule has 2 rings (SSSR count). The number of hydrogen-bond acceptors (Lipinski definition) is 5. The zero-order valence-electron chi connectivity index (χ0n) is 10.7. The molecule has 1 aromatic rings. The first-order valence-electron chi connectivity index (χ1n) is 6.04. The van der Waals surface area contributed by atoms with Gasteiger partial charge in [0.25, 0.3) is 0 Å². The van der Waals surface area contributed by atoms with E-state index in [0.29, 0.717) is 6.04 Å². The Kier molecular flexibility index (Phi) is 3.76. The van der Waals surface area contributed by atoms with E-state index in [0.717, 1.165) is 31.7 Å². The third-order valence-corrected chi connectivity index (χ3v) is 3.10. The summed E-state index contributed by atoms with van der Waals surface area (Å²) in [5.41, 5.74) is -0.0119. The second-order valence-electron chi connectivity index (χ2n) is 4.82. The highest BCUT2D eigenvalue weighted by Crippen LogP contribution is 2.23. The number of aromatic nitrogens is 2. The van der Waals surface area contributed by atoms with Crippen molar-refractivity contribution in [2.75, 3.05) is 32.1 Å². The third kappa shape index (κ3) is 2.76. The second kappa shape index (κ2) is 5.30. The van der Waals surface area contributed by atoms with Crippen LogP contribution in [0, 0.1) is 0 Å². The average molecular weight is 250 g/mol. The van der Waals surface area contributed by atoms with Gasteiger partial charge >= 0.3 is 5.97 Å². The van der Waals surface area contributed by atoms with Gasteiger partial charge in [-0.2, -0.15) is 0 Å². The summed E-state index contributed by atoms with van der Waals surface area (Å²) in [6.45, 7) is 1.93. The van der Waals surface area contributed by atoms with Crippen molar-refractivity contribution >= 4 is 11.8 Å². The van der Waals surface area contributed by atoms with Gasteiger partial charge in [-0.25, -0.2) is 14.8 Å². The van der Waals surface area contributed by atoms with Crippen LogP contribution in [-0.4, -0.2) is 59.2 Å². The summed E-state index contributed by atoms with van der Waals surface area (Å²) in [4.78, 5) is 23.2. The molecule has 1 aliphatic rings. The van der Waals surface area contributed by atoms with Crippen LogP contribution in [0.25, 0.3) is 0 Å². The Hall–Kier alpha value is -1.69. The molecule has 0 aliphatic carbocycles. The molecule has 1 fully saturated rings. The molecule has 1 unspecified atom stereocenters. The maximum absolute atomic E-state index is 10.7. The monoisotopic (exact) mass is 250 g/mol. The van der Waals surface area contributed by atoms with E-state index in [2.05, 4.69) is 33.9 Å². The summed E-state index contributed by atoms with van der Waals surface area (Å²) >= 11 is 0. The number of rotatable bonds is 4. The summed E-state index contributed by atoms with van der Waals surface area (Å²) in [5.74, 6) is -0.273. The van der Waals surface area contributed by atoms with Crippen LogP contribution in [-0.2, 0) is 0 Å². The molecule has 1 saturated heterocycles. The highest BCUT2D eigenvalue weighted by atomic mass is 16.4. The minimum Gasteiger partial charge on any atom is -0.476 e. The van der Waals surface area contributed by atoms with E-state index in [4.69, 9.17) is 5.11 Å². The molecule has 0 amide bonds. The minimum absolute atomic E-state index is 0.0119. The van der Waals surface area contributed by atoms with Crippen LogP contribution in [0.2, 0.25) is 0 Å². The molecule has 98 valence electrons. The Morgan fingerprint density at radius 3 is 2.83 bits per heavy atom. The van der Waals surface area contributed by atoms with E-state index in [1.54, 1.807) is 6.20 Å². The number of anilines is 1. The van der Waals surface area contributed by atoms with E-state index in [1.807, 2.05) is 0 Å². The lowest BCUT2D eigenvalue weighted by Crippen LogP contribution is -2.38. The lowest BCUT2D eigenvalue weighted by molar-refractivity contribution is 0.0690. The average Bonchev–Trinajstić information content (AvgIpc) is 2.76. The van der Waals surface area contributed by atoms with Crippen molar-refractivity contribution in [1.29, 1.82) is 0 Å². The normalized spacial score (nSPS) is 19.5. The fraction of sp³-hybridized carbons (Fsp3) is 0.583. The van der Waals surface area contributed by atoms with Gasteiger partial charge in [-0.3, -0.25) is 0 Å². The van der Waals surface area contributed by atoms with Crippen molar-refractivity contribution in [3.05, 3.63) is 18.1 Å². The summed E-state index contributed by atoms with van der Waals surface area (Å²) in [6, 6.07) is 0.435. The van der Waals surface area contributed by atoms with E-state index in [1.165, 1.54) is 6.20 Å². The first-order chi connectivity index (χ1) is 8.58. The summed E-state index contributed by atoms with van der Waals surface area (Å²) in [6.07, 6.45) is 5.15. The van der Waals surface area contributed by atoms with E-state index in [-0.39, 0.29) is 5.69 Å². The Balaban J connectivity index is 2.12. The molecule has 0 saturated carbocycles. The quantitative estimate of drug-likeness (QED) is 0.848. The number of aromatic carboxylic acids is 1. The molecule has 6 heteroatoms. The van der Waals surface area contributed by atoms with E-state index >= 15 is 0 Å². The Morgan fingerprint density at radius 1 is 1.50 bits per heavy atom. The molecule has 1 aliphatic heterocycles. The SMILES string of the molecule is CN(C)CC1CCCN1c1cnc(C(=O)O)cn1. The van der Waals surface area contributed by atoms with Gasteiger partial charge in [-0.15, -0.1) is 0 Å². The lowest BCUT2D eigenvalue weighted by Gasteiger charge is -2.27. The maximum atomic E-state index is 10.7. The van der Waals surface area contributed by atoms with Crippen LogP contribution in [0.15, 0.2) is 12.4 Å². The van der Waals surface area contributed by atoms with Gasteiger partial charge in [0.05, 0.1) is 12.4 Å². The summed E-state index contributed by atoms with van der Waals surface area (Å²) in [7, 11) is 4.10. The van der Waals surface area contributed by atoms with Gasteiger partial charge in [0.15, 0.2) is 5.69 Å². The van der Waals surface area contributed by atoms with E-state index < -0.39 is 5.97 Å². The van der Waals surface area contributed by atoms with Crippen molar-refractivity contribution in [3.8, 4) is 0 Å². The smallest absolute Gasteiger partial charge is 0.356 e. The Morgan fingerprint density at radius 2 is 2.28 bits per heavy atom. The number of carboxylic acid groups (broad SMARTS) is 1. The molecular formula is C12H18N4O2. The highest BCUT2D eigenvalue weighted by Gasteiger charge is 2.26. The first kappa shape index (κ1) is 12.8. The number of carboxylic acids is 1. The molecule has 18 heavy (non-hydrogen) atoms. The molecule has 0 bridgehead atoms. The first-order valence-corrected chi connectivity index (χ1v) is 6.04. The standard InChI is InChI=1S/C12H18N4O2/c1-15(2)8-9-4-3-5-16(9)11-7-13-10(6-14-11)12(17)18/h6-7,9H,3-5,8H2,1-2H3,(H,17,18). The molecular weight excluding hydrogens is 232 g/mol. The Bertz CT molecular complexity index is 419. The fourth-order valence-electron chi connectivity index (χ4n) is 2.33. The minimum atomic E-state index is -1.04. The zero-order valence-corrected chi connectivity index (χ0v) is 10.7. The maximum Gasteiger partial charge on any atom is 0.356 e. The van der Waals surface area contributed by atoms with Gasteiger partial charge < -0.3 is 14.9 Å². The molecule has 1 atom stereocenters. The van der Waals surface area contributed by atoms with Crippen LogP contribution in [0.4, 0.5) is 5.82 Å². The summed E-state index contributed by atoms with van der Waals surface area (Å²) in [5, 5.41) is 8.79. The van der Waals surface area contributed by atoms with Crippen LogP contribution in [0.5, 0.6) is 0 Å². The largest absolute Gasteiger partial charge is 0.476 e. The third-order valence-electron chi connectivity index (χ3n) is 3.10. The van der Waals surface area contributed by atoms with Crippen LogP contribution in [0.3, 0.4) is 0 Å².